The highest BCUT2D eigenvalue weighted by Gasteiger charge is 2.30. The first-order valence-corrected chi connectivity index (χ1v) is 9.73. The molecule has 21 heavy (non-hydrogen) atoms. The third-order valence-electron chi connectivity index (χ3n) is 2.80. The van der Waals surface area contributed by atoms with E-state index in [1.165, 1.54) is 11.8 Å². The summed E-state index contributed by atoms with van der Waals surface area (Å²) in [7, 11) is 0. The first-order chi connectivity index (χ1) is 9.97. The number of ether oxygens (including phenoxy) is 1. The summed E-state index contributed by atoms with van der Waals surface area (Å²) in [5.74, 6) is 0.795. The van der Waals surface area contributed by atoms with Crippen LogP contribution in [-0.4, -0.2) is 28.3 Å². The van der Waals surface area contributed by atoms with Gasteiger partial charge in [-0.1, -0.05) is 24.0 Å². The predicted molar refractivity (Wildman–Crippen MR) is 109 cm³/mol. The van der Waals surface area contributed by atoms with Crippen LogP contribution in [0.15, 0.2) is 17.0 Å². The Bertz CT molecular complexity index is 632. The standard InChI is InChI=1S/C14H13I2NO2S2/c1-3-17-13(18)11(21-14(17)20)6-8-5-9(15)7-10(16)12(8)19-4-2/h5-7H,3-4H2,1-2H3/b11-6-. The zero-order valence-electron chi connectivity index (χ0n) is 11.5. The van der Waals surface area contributed by atoms with Gasteiger partial charge in [0.25, 0.3) is 5.91 Å². The maximum atomic E-state index is 12.3. The average Bonchev–Trinajstić information content (AvgIpc) is 2.68. The third kappa shape index (κ3) is 3.91. The van der Waals surface area contributed by atoms with Crippen molar-refractivity contribution >= 4 is 85.5 Å². The van der Waals surface area contributed by atoms with Crippen LogP contribution >= 0.6 is 69.2 Å². The fourth-order valence-electron chi connectivity index (χ4n) is 1.90. The van der Waals surface area contributed by atoms with Crippen molar-refractivity contribution < 1.29 is 9.53 Å². The molecule has 0 spiro atoms. The molecule has 0 unspecified atom stereocenters. The van der Waals surface area contributed by atoms with Crippen LogP contribution in [-0.2, 0) is 4.79 Å². The molecule has 112 valence electrons. The van der Waals surface area contributed by atoms with Crippen molar-refractivity contribution in [1.82, 2.24) is 4.90 Å². The van der Waals surface area contributed by atoms with Crippen LogP contribution in [0.3, 0.4) is 0 Å². The summed E-state index contributed by atoms with van der Waals surface area (Å²) in [6, 6.07) is 4.08. The molecule has 0 aromatic heterocycles. The largest absolute Gasteiger partial charge is 0.492 e. The molecule has 1 heterocycles. The number of likely N-dealkylation sites (N-methyl/N-ethyl adjacent to an activating group) is 1. The molecule has 0 saturated carbocycles. The Morgan fingerprint density at radius 2 is 2.10 bits per heavy atom. The molecule has 1 amide bonds. The lowest BCUT2D eigenvalue weighted by Gasteiger charge is -2.11. The summed E-state index contributed by atoms with van der Waals surface area (Å²) < 4.78 is 8.49. The topological polar surface area (TPSA) is 29.5 Å². The van der Waals surface area contributed by atoms with Crippen molar-refractivity contribution in [3.63, 3.8) is 0 Å². The molecule has 0 aliphatic carbocycles. The van der Waals surface area contributed by atoms with Crippen LogP contribution < -0.4 is 4.74 Å². The van der Waals surface area contributed by atoms with Crippen molar-refractivity contribution in [3.05, 3.63) is 29.7 Å². The maximum absolute atomic E-state index is 12.3. The summed E-state index contributed by atoms with van der Waals surface area (Å²) >= 11 is 11.1. The number of thioether (sulfide) groups is 1. The van der Waals surface area contributed by atoms with E-state index in [2.05, 4.69) is 51.2 Å². The van der Waals surface area contributed by atoms with Crippen molar-refractivity contribution in [1.29, 1.82) is 0 Å². The van der Waals surface area contributed by atoms with E-state index >= 15 is 0 Å². The number of halogens is 2. The van der Waals surface area contributed by atoms with E-state index in [0.29, 0.717) is 22.4 Å². The molecular weight excluding hydrogens is 532 g/mol. The van der Waals surface area contributed by atoms with Crippen molar-refractivity contribution in [2.75, 3.05) is 13.2 Å². The normalized spacial score (nSPS) is 17.0. The number of carbonyl (C=O) groups is 1. The zero-order valence-corrected chi connectivity index (χ0v) is 17.4. The number of hydrogen-bond donors (Lipinski definition) is 0. The molecule has 0 N–H and O–H groups in total. The van der Waals surface area contributed by atoms with Gasteiger partial charge in [-0.2, -0.15) is 0 Å². The van der Waals surface area contributed by atoms with Gasteiger partial charge in [0.1, 0.15) is 10.1 Å². The van der Waals surface area contributed by atoms with Crippen LogP contribution in [0.2, 0.25) is 0 Å². The Hall–Kier alpha value is 0.130. The lowest BCUT2D eigenvalue weighted by atomic mass is 10.2. The molecule has 7 heteroatoms. The van der Waals surface area contributed by atoms with Gasteiger partial charge in [0, 0.05) is 15.7 Å². The van der Waals surface area contributed by atoms with Crippen LogP contribution in [0, 0.1) is 7.14 Å². The van der Waals surface area contributed by atoms with Crippen molar-refractivity contribution in [3.8, 4) is 5.75 Å². The van der Waals surface area contributed by atoms with E-state index in [0.717, 1.165) is 18.5 Å². The Kier molecular flexibility index (Phi) is 6.33. The molecule has 0 bridgehead atoms. The predicted octanol–water partition coefficient (Wildman–Crippen LogP) is 4.52. The van der Waals surface area contributed by atoms with Gasteiger partial charge >= 0.3 is 0 Å². The van der Waals surface area contributed by atoms with E-state index in [4.69, 9.17) is 17.0 Å². The summed E-state index contributed by atoms with van der Waals surface area (Å²) in [6.45, 7) is 5.07. The van der Waals surface area contributed by atoms with Crippen molar-refractivity contribution in [2.24, 2.45) is 0 Å². The molecule has 1 aromatic rings. The Balaban J connectivity index is 2.45. The number of hydrogen-bond acceptors (Lipinski definition) is 4. The number of nitrogens with zero attached hydrogens (tertiary/aromatic N) is 1. The number of benzene rings is 1. The first-order valence-electron chi connectivity index (χ1n) is 6.35. The zero-order chi connectivity index (χ0) is 15.6. The summed E-state index contributed by atoms with van der Waals surface area (Å²) in [6.07, 6.45) is 1.88. The van der Waals surface area contributed by atoms with Crippen LogP contribution in [0.5, 0.6) is 5.75 Å². The fraction of sp³-hybridized carbons (Fsp3) is 0.286. The maximum Gasteiger partial charge on any atom is 0.266 e. The molecular formula is C14H13I2NO2S2. The highest BCUT2D eigenvalue weighted by molar-refractivity contribution is 14.1. The smallest absolute Gasteiger partial charge is 0.266 e. The van der Waals surface area contributed by atoms with Gasteiger partial charge < -0.3 is 4.74 Å². The molecule has 1 fully saturated rings. The molecule has 3 nitrogen and oxygen atoms in total. The number of rotatable bonds is 4. The molecule has 1 aliphatic rings. The monoisotopic (exact) mass is 545 g/mol. The summed E-state index contributed by atoms with van der Waals surface area (Å²) in [5, 5.41) is 0. The second-order valence-electron chi connectivity index (χ2n) is 4.16. The van der Waals surface area contributed by atoms with Crippen LogP contribution in [0.25, 0.3) is 6.08 Å². The number of amides is 1. The van der Waals surface area contributed by atoms with Crippen LogP contribution in [0.4, 0.5) is 0 Å². The minimum atomic E-state index is -0.0242. The van der Waals surface area contributed by atoms with Gasteiger partial charge in [-0.15, -0.1) is 0 Å². The van der Waals surface area contributed by atoms with Gasteiger partial charge in [-0.25, -0.2) is 0 Å². The Morgan fingerprint density at radius 3 is 2.67 bits per heavy atom. The quantitative estimate of drug-likeness (QED) is 0.317. The van der Waals surface area contributed by atoms with Gasteiger partial charge in [-0.05, 0) is 77.2 Å². The van der Waals surface area contributed by atoms with E-state index in [-0.39, 0.29) is 5.91 Å². The molecule has 1 aromatic carbocycles. The third-order valence-corrected chi connectivity index (χ3v) is 5.60. The number of carbonyl (C=O) groups excluding carboxylic acids is 1. The lowest BCUT2D eigenvalue weighted by molar-refractivity contribution is -0.121. The first kappa shape index (κ1) is 17.5. The van der Waals surface area contributed by atoms with Crippen molar-refractivity contribution in [2.45, 2.75) is 13.8 Å². The van der Waals surface area contributed by atoms with E-state index in [9.17, 15) is 4.79 Å². The van der Waals surface area contributed by atoms with Gasteiger partial charge in [0.2, 0.25) is 0 Å². The molecule has 1 saturated heterocycles. The average molecular weight is 545 g/mol. The number of thiocarbonyl (C=S) groups is 1. The second-order valence-corrected chi connectivity index (χ2v) is 8.25. The Morgan fingerprint density at radius 1 is 1.38 bits per heavy atom. The minimum Gasteiger partial charge on any atom is -0.492 e. The molecule has 0 radical (unpaired) electrons. The van der Waals surface area contributed by atoms with E-state index < -0.39 is 0 Å². The highest BCUT2D eigenvalue weighted by Crippen LogP contribution is 2.36. The van der Waals surface area contributed by atoms with Gasteiger partial charge in [-0.3, -0.25) is 9.69 Å². The van der Waals surface area contributed by atoms with Gasteiger partial charge in [0.15, 0.2) is 0 Å². The van der Waals surface area contributed by atoms with E-state index in [1.54, 1.807) is 4.90 Å². The van der Waals surface area contributed by atoms with Gasteiger partial charge in [0.05, 0.1) is 15.1 Å². The SMILES string of the molecule is CCOc1c(I)cc(I)cc1/C=C1\SC(=S)N(CC)C1=O. The summed E-state index contributed by atoms with van der Waals surface area (Å²) in [5.41, 5.74) is 0.921. The minimum absolute atomic E-state index is 0.0242. The highest BCUT2D eigenvalue weighted by atomic mass is 127. The molecule has 0 atom stereocenters. The second kappa shape index (κ2) is 7.60. The fourth-order valence-corrected chi connectivity index (χ4v) is 5.32. The van der Waals surface area contributed by atoms with Crippen LogP contribution in [0.1, 0.15) is 19.4 Å². The summed E-state index contributed by atoms with van der Waals surface area (Å²) in [4.78, 5) is 14.6. The lowest BCUT2D eigenvalue weighted by Crippen LogP contribution is -2.27. The van der Waals surface area contributed by atoms with E-state index in [1.807, 2.05) is 26.0 Å². The molecule has 1 aliphatic heterocycles. The Labute approximate surface area is 161 Å². The molecule has 2 rings (SSSR count).